The molecule has 4 heteroatoms. The van der Waals surface area contributed by atoms with Crippen molar-refractivity contribution >= 4 is 0 Å². The molecule has 0 bridgehead atoms. The molecule has 1 aliphatic heterocycles. The highest BCUT2D eigenvalue weighted by molar-refractivity contribution is 5.38. The van der Waals surface area contributed by atoms with Gasteiger partial charge in [-0.3, -0.25) is 0 Å². The Balaban J connectivity index is 2.36. The van der Waals surface area contributed by atoms with Gasteiger partial charge in [-0.2, -0.15) is 0 Å². The molecule has 2 unspecified atom stereocenters. The summed E-state index contributed by atoms with van der Waals surface area (Å²) in [6.45, 7) is 3.78. The molecule has 0 fully saturated rings. The molecular weight excluding hydrogens is 223 g/mol. The summed E-state index contributed by atoms with van der Waals surface area (Å²) in [4.78, 5) is 0. The van der Waals surface area contributed by atoms with Crippen LogP contribution in [0.25, 0.3) is 0 Å². The van der Waals surface area contributed by atoms with Crippen molar-refractivity contribution in [2.45, 2.75) is 38.1 Å². The fourth-order valence-electron chi connectivity index (χ4n) is 2.16. The molecule has 0 spiro atoms. The summed E-state index contributed by atoms with van der Waals surface area (Å²) in [6.07, 6.45) is -0.495. The van der Waals surface area contributed by atoms with Crippen LogP contribution >= 0.6 is 0 Å². The van der Waals surface area contributed by atoms with Gasteiger partial charge < -0.3 is 14.6 Å². The van der Waals surface area contributed by atoms with E-state index in [-0.39, 0.29) is 11.9 Å². The summed E-state index contributed by atoms with van der Waals surface area (Å²) in [5, 5.41) is 10.1. The van der Waals surface area contributed by atoms with Crippen LogP contribution in [0.2, 0.25) is 0 Å². The molecule has 0 saturated carbocycles. The first-order valence-electron chi connectivity index (χ1n) is 5.65. The number of aliphatic hydroxyl groups excluding tert-OH is 1. The Kier molecular flexibility index (Phi) is 3.10. The lowest BCUT2D eigenvalue weighted by Crippen LogP contribution is -2.47. The number of ether oxygens (including phenoxy) is 2. The van der Waals surface area contributed by atoms with Gasteiger partial charge in [-0.15, -0.1) is 0 Å². The molecule has 0 saturated heterocycles. The molecule has 94 valence electrons. The number of methoxy groups -OCH3 is 1. The summed E-state index contributed by atoms with van der Waals surface area (Å²) >= 11 is 0. The number of hydrogen-bond acceptors (Lipinski definition) is 3. The normalized spacial score (nSPS) is 29.4. The zero-order chi connectivity index (χ0) is 12.6. The number of hydrogen-bond donors (Lipinski definition) is 1. The maximum Gasteiger partial charge on any atom is 0.135 e. The minimum absolute atomic E-state index is 0.157. The van der Waals surface area contributed by atoms with E-state index in [1.807, 2.05) is 13.8 Å². The van der Waals surface area contributed by atoms with E-state index in [0.717, 1.165) is 0 Å². The third-order valence-electron chi connectivity index (χ3n) is 3.49. The predicted molar refractivity (Wildman–Crippen MR) is 61.5 cm³/mol. The second-order valence-electron chi connectivity index (χ2n) is 4.69. The highest BCUT2D eigenvalue weighted by Crippen LogP contribution is 2.41. The Morgan fingerprint density at radius 2 is 2.29 bits per heavy atom. The fraction of sp³-hybridized carbons (Fsp3) is 0.538. The molecule has 3 nitrogen and oxygen atoms in total. The van der Waals surface area contributed by atoms with E-state index in [0.29, 0.717) is 17.7 Å². The molecule has 0 aliphatic carbocycles. The van der Waals surface area contributed by atoms with Gasteiger partial charge in [-0.25, -0.2) is 4.39 Å². The van der Waals surface area contributed by atoms with Gasteiger partial charge in [-0.05, 0) is 32.0 Å². The Labute approximate surface area is 100 Å². The molecule has 3 atom stereocenters. The van der Waals surface area contributed by atoms with Crippen LogP contribution in [0.1, 0.15) is 31.9 Å². The van der Waals surface area contributed by atoms with Crippen LogP contribution in [0.15, 0.2) is 18.2 Å². The standard InChI is InChI=1S/C13H17FO3/c1-8(16-3)13(2)7-11(15)10-6-9(14)4-5-12(10)17-13/h4-6,8,11,15H,7H2,1-3H3/t8?,11-,13?/m0/s1. The van der Waals surface area contributed by atoms with Gasteiger partial charge in [0, 0.05) is 19.1 Å². The van der Waals surface area contributed by atoms with Crippen LogP contribution < -0.4 is 4.74 Å². The topological polar surface area (TPSA) is 38.7 Å². The van der Waals surface area contributed by atoms with Crippen molar-refractivity contribution in [1.82, 2.24) is 0 Å². The average Bonchev–Trinajstić information content (AvgIpc) is 2.29. The highest BCUT2D eigenvalue weighted by atomic mass is 19.1. The van der Waals surface area contributed by atoms with Crippen molar-refractivity contribution in [3.63, 3.8) is 0 Å². The van der Waals surface area contributed by atoms with Gasteiger partial charge in [-0.1, -0.05) is 0 Å². The van der Waals surface area contributed by atoms with E-state index < -0.39 is 11.7 Å². The van der Waals surface area contributed by atoms with Crippen LogP contribution in [-0.2, 0) is 4.74 Å². The van der Waals surface area contributed by atoms with E-state index >= 15 is 0 Å². The smallest absolute Gasteiger partial charge is 0.135 e. The molecular formula is C13H17FO3. The molecule has 1 aromatic carbocycles. The summed E-state index contributed by atoms with van der Waals surface area (Å²) in [7, 11) is 1.60. The lowest BCUT2D eigenvalue weighted by molar-refractivity contribution is -0.0920. The third kappa shape index (κ3) is 2.15. The monoisotopic (exact) mass is 240 g/mol. The Morgan fingerprint density at radius 3 is 2.94 bits per heavy atom. The van der Waals surface area contributed by atoms with Gasteiger partial charge >= 0.3 is 0 Å². The maximum absolute atomic E-state index is 13.1. The minimum Gasteiger partial charge on any atom is -0.484 e. The molecule has 17 heavy (non-hydrogen) atoms. The van der Waals surface area contributed by atoms with E-state index in [2.05, 4.69) is 0 Å². The minimum atomic E-state index is -0.725. The molecule has 0 aromatic heterocycles. The molecule has 1 heterocycles. The van der Waals surface area contributed by atoms with E-state index in [1.165, 1.54) is 12.1 Å². The number of rotatable bonds is 2. The second kappa shape index (κ2) is 4.27. The van der Waals surface area contributed by atoms with Gasteiger partial charge in [0.2, 0.25) is 0 Å². The molecule has 0 radical (unpaired) electrons. The first-order chi connectivity index (χ1) is 7.96. The zero-order valence-corrected chi connectivity index (χ0v) is 10.2. The van der Waals surface area contributed by atoms with Crippen LogP contribution in [0, 0.1) is 5.82 Å². The van der Waals surface area contributed by atoms with Crippen molar-refractivity contribution in [3.05, 3.63) is 29.6 Å². The van der Waals surface area contributed by atoms with Gasteiger partial charge in [0.1, 0.15) is 17.2 Å². The predicted octanol–water partition coefficient (Wildman–Crippen LogP) is 2.44. The number of halogens is 1. The Bertz CT molecular complexity index is 421. The first-order valence-corrected chi connectivity index (χ1v) is 5.65. The van der Waals surface area contributed by atoms with E-state index in [4.69, 9.17) is 9.47 Å². The fourth-order valence-corrected chi connectivity index (χ4v) is 2.16. The quantitative estimate of drug-likeness (QED) is 0.862. The average molecular weight is 240 g/mol. The van der Waals surface area contributed by atoms with Crippen molar-refractivity contribution in [2.24, 2.45) is 0 Å². The summed E-state index contributed by atoms with van der Waals surface area (Å²) in [5.41, 5.74) is -0.0929. The SMILES string of the molecule is COC(C)C1(C)C[C@H](O)c2cc(F)ccc2O1. The van der Waals surface area contributed by atoms with Gasteiger partial charge in [0.05, 0.1) is 12.2 Å². The van der Waals surface area contributed by atoms with E-state index in [1.54, 1.807) is 13.2 Å². The van der Waals surface area contributed by atoms with Crippen LogP contribution in [-0.4, -0.2) is 23.9 Å². The molecule has 1 aliphatic rings. The van der Waals surface area contributed by atoms with Crippen molar-refractivity contribution < 1.29 is 19.0 Å². The number of aliphatic hydroxyl groups is 1. The number of benzene rings is 1. The summed E-state index contributed by atoms with van der Waals surface area (Å²) in [5.74, 6) is 0.159. The van der Waals surface area contributed by atoms with Gasteiger partial charge in [0.25, 0.3) is 0 Å². The summed E-state index contributed by atoms with van der Waals surface area (Å²) in [6, 6.07) is 4.19. The zero-order valence-electron chi connectivity index (χ0n) is 10.2. The largest absolute Gasteiger partial charge is 0.484 e. The van der Waals surface area contributed by atoms with Crippen molar-refractivity contribution in [1.29, 1.82) is 0 Å². The Morgan fingerprint density at radius 1 is 1.59 bits per heavy atom. The van der Waals surface area contributed by atoms with Crippen molar-refractivity contribution in [3.8, 4) is 5.75 Å². The molecule has 1 N–H and O–H groups in total. The first kappa shape index (κ1) is 12.3. The van der Waals surface area contributed by atoms with Crippen LogP contribution in [0.3, 0.4) is 0 Å². The lowest BCUT2D eigenvalue weighted by Gasteiger charge is -2.41. The maximum atomic E-state index is 13.1. The summed E-state index contributed by atoms with van der Waals surface area (Å²) < 4.78 is 24.2. The second-order valence-corrected chi connectivity index (χ2v) is 4.69. The number of fused-ring (bicyclic) bond motifs is 1. The highest BCUT2D eigenvalue weighted by Gasteiger charge is 2.41. The van der Waals surface area contributed by atoms with Crippen LogP contribution in [0.5, 0.6) is 5.75 Å². The van der Waals surface area contributed by atoms with Crippen LogP contribution in [0.4, 0.5) is 4.39 Å². The molecule has 2 rings (SSSR count). The van der Waals surface area contributed by atoms with Gasteiger partial charge in [0.15, 0.2) is 0 Å². The van der Waals surface area contributed by atoms with E-state index in [9.17, 15) is 9.50 Å². The lowest BCUT2D eigenvalue weighted by atomic mass is 9.86. The third-order valence-corrected chi connectivity index (χ3v) is 3.49. The molecule has 1 aromatic rings. The Hall–Kier alpha value is -1.13. The van der Waals surface area contributed by atoms with Crippen molar-refractivity contribution in [2.75, 3.05) is 7.11 Å². The molecule has 0 amide bonds.